The van der Waals surface area contributed by atoms with Crippen LogP contribution in [0.3, 0.4) is 0 Å². The van der Waals surface area contributed by atoms with Gasteiger partial charge in [0.25, 0.3) is 0 Å². The molecule has 0 saturated heterocycles. The van der Waals surface area contributed by atoms with E-state index in [4.69, 9.17) is 4.74 Å². The number of nitrogens with one attached hydrogen (secondary N) is 2. The van der Waals surface area contributed by atoms with E-state index in [0.717, 1.165) is 16.7 Å². The first-order valence-electron chi connectivity index (χ1n) is 13.1. The Balaban J connectivity index is 1.95. The van der Waals surface area contributed by atoms with Gasteiger partial charge in [0.15, 0.2) is 5.69 Å². The number of benzene rings is 1. The molecule has 0 fully saturated rings. The van der Waals surface area contributed by atoms with Gasteiger partial charge in [-0.1, -0.05) is 13.0 Å². The number of alkyl halides is 3. The van der Waals surface area contributed by atoms with E-state index in [1.807, 2.05) is 6.92 Å². The van der Waals surface area contributed by atoms with Gasteiger partial charge in [-0.15, -0.1) is 11.3 Å². The third-order valence-corrected chi connectivity index (χ3v) is 7.30. The lowest BCUT2D eigenvalue weighted by Crippen LogP contribution is -2.28. The number of halogens is 3. The van der Waals surface area contributed by atoms with Gasteiger partial charge in [0.2, 0.25) is 5.43 Å². The lowest BCUT2D eigenvalue weighted by atomic mass is 9.99. The molecule has 1 unspecified atom stereocenters. The summed E-state index contributed by atoms with van der Waals surface area (Å²) in [6.07, 6.45) is -1.43. The normalized spacial score (nSPS) is 12.3. The Kier molecular flexibility index (Phi) is 9.27. The lowest BCUT2D eigenvalue weighted by molar-refractivity contribution is -0.140. The summed E-state index contributed by atoms with van der Waals surface area (Å²) in [6, 6.07) is 5.21. The van der Waals surface area contributed by atoms with Crippen molar-refractivity contribution in [3.8, 4) is 21.7 Å². The number of nitrogens with zero attached hydrogens (tertiary/aromatic N) is 3. The summed E-state index contributed by atoms with van der Waals surface area (Å²) < 4.78 is 46.9. The van der Waals surface area contributed by atoms with E-state index in [1.54, 1.807) is 30.5 Å². The topological polar surface area (TPSA) is 135 Å². The Morgan fingerprint density at radius 3 is 2.55 bits per heavy atom. The Hall–Kier alpha value is -4.30. The van der Waals surface area contributed by atoms with Crippen molar-refractivity contribution in [3.63, 3.8) is 0 Å². The summed E-state index contributed by atoms with van der Waals surface area (Å²) in [4.78, 5) is 46.3. The number of aliphatic hydroxyl groups excluding tert-OH is 1. The summed E-state index contributed by atoms with van der Waals surface area (Å²) in [5.74, 6) is -0.744. The number of rotatable bonds is 9. The number of carbonyl (C=O) groups is 2. The van der Waals surface area contributed by atoms with Gasteiger partial charge in [0, 0.05) is 40.8 Å². The Morgan fingerprint density at radius 2 is 1.93 bits per heavy atom. The molecule has 0 radical (unpaired) electrons. The van der Waals surface area contributed by atoms with Crippen LogP contribution in [0.4, 0.5) is 23.8 Å². The fourth-order valence-corrected chi connectivity index (χ4v) is 5.23. The highest BCUT2D eigenvalue weighted by molar-refractivity contribution is 7.13. The van der Waals surface area contributed by atoms with E-state index in [9.17, 15) is 32.7 Å². The smallest absolute Gasteiger partial charge is 0.434 e. The maximum absolute atomic E-state index is 13.5. The summed E-state index contributed by atoms with van der Waals surface area (Å²) >= 11 is 0.765. The van der Waals surface area contributed by atoms with Crippen molar-refractivity contribution >= 4 is 40.1 Å². The number of pyridine rings is 2. The first kappa shape index (κ1) is 30.7. The number of fused-ring (bicyclic) bond motifs is 1. The summed E-state index contributed by atoms with van der Waals surface area (Å²) in [7, 11) is 0. The van der Waals surface area contributed by atoms with Gasteiger partial charge < -0.3 is 19.7 Å². The summed E-state index contributed by atoms with van der Waals surface area (Å²) in [5, 5.41) is 16.1. The van der Waals surface area contributed by atoms with Gasteiger partial charge in [-0.25, -0.2) is 19.6 Å². The number of urea groups is 1. The minimum Gasteiger partial charge on any atom is -0.462 e. The molecular formula is C28H28F3N5O5S. The first-order chi connectivity index (χ1) is 20.0. The second-order valence-corrected chi connectivity index (χ2v) is 9.97. The second-order valence-electron chi connectivity index (χ2n) is 9.11. The zero-order valence-electron chi connectivity index (χ0n) is 22.9. The van der Waals surface area contributed by atoms with Gasteiger partial charge in [-0.3, -0.25) is 10.1 Å². The lowest BCUT2D eigenvalue weighted by Gasteiger charge is -2.21. The van der Waals surface area contributed by atoms with Crippen LogP contribution in [0.1, 0.15) is 49.3 Å². The number of anilines is 1. The number of ether oxygens (including phenoxy) is 1. The standard InChI is InChI=1S/C28H28F3N5O5S/c1-4-16(13-37)36-12-20(26(39)41-6-3)24(38)18-9-15(7-8-21(18)36)19-11-33-23(35-27(40)32-5-2)10-17(19)25-34-22(14-42-25)28(29,30)31/h7-12,14,16,37H,4-6,13H2,1-3H3,(H2,32,33,35,40). The predicted octanol–water partition coefficient (Wildman–Crippen LogP) is 5.47. The van der Waals surface area contributed by atoms with Crippen molar-refractivity contribution in [2.24, 2.45) is 0 Å². The predicted molar refractivity (Wildman–Crippen MR) is 153 cm³/mol. The van der Waals surface area contributed by atoms with Crippen molar-refractivity contribution in [1.82, 2.24) is 19.9 Å². The molecule has 3 N–H and O–H groups in total. The summed E-state index contributed by atoms with van der Waals surface area (Å²) in [6.45, 7) is 5.32. The molecular weight excluding hydrogens is 575 g/mol. The van der Waals surface area contributed by atoms with Crippen molar-refractivity contribution < 1.29 is 32.6 Å². The van der Waals surface area contributed by atoms with Crippen LogP contribution in [-0.4, -0.2) is 51.4 Å². The molecule has 0 aliphatic rings. The van der Waals surface area contributed by atoms with E-state index in [1.165, 1.54) is 24.5 Å². The Labute approximate surface area is 242 Å². The minimum absolute atomic E-state index is 0.0165. The van der Waals surface area contributed by atoms with E-state index in [0.29, 0.717) is 29.6 Å². The largest absolute Gasteiger partial charge is 0.462 e. The maximum Gasteiger partial charge on any atom is 0.434 e. The molecule has 1 atom stereocenters. The number of thiazole rings is 1. The fraction of sp³-hybridized carbons (Fsp3) is 0.321. The number of esters is 1. The van der Waals surface area contributed by atoms with Crippen LogP contribution in [0.15, 0.2) is 46.8 Å². The van der Waals surface area contributed by atoms with Gasteiger partial charge in [0.1, 0.15) is 16.4 Å². The molecule has 3 aromatic heterocycles. The zero-order valence-corrected chi connectivity index (χ0v) is 23.7. The minimum atomic E-state index is -4.66. The van der Waals surface area contributed by atoms with Crippen LogP contribution in [0.25, 0.3) is 32.6 Å². The molecule has 1 aromatic carbocycles. The number of aromatic nitrogens is 3. The Morgan fingerprint density at radius 1 is 1.17 bits per heavy atom. The Bertz CT molecular complexity index is 1680. The van der Waals surface area contributed by atoms with Crippen molar-refractivity contribution in [2.75, 3.05) is 25.1 Å². The molecule has 0 aliphatic heterocycles. The molecule has 0 saturated carbocycles. The highest BCUT2D eigenvalue weighted by atomic mass is 32.1. The van der Waals surface area contributed by atoms with E-state index >= 15 is 0 Å². The van der Waals surface area contributed by atoms with Crippen LogP contribution >= 0.6 is 11.3 Å². The fourth-order valence-electron chi connectivity index (χ4n) is 4.37. The van der Waals surface area contributed by atoms with E-state index in [2.05, 4.69) is 20.6 Å². The average molecular weight is 604 g/mol. The molecule has 0 spiro atoms. The first-order valence-corrected chi connectivity index (χ1v) is 13.9. The second kappa shape index (κ2) is 12.7. The molecule has 222 valence electrons. The number of hydrogen-bond donors (Lipinski definition) is 3. The van der Waals surface area contributed by atoms with Crippen LogP contribution in [-0.2, 0) is 10.9 Å². The number of amides is 2. The van der Waals surface area contributed by atoms with E-state index < -0.39 is 35.3 Å². The molecule has 42 heavy (non-hydrogen) atoms. The highest BCUT2D eigenvalue weighted by Crippen LogP contribution is 2.39. The molecule has 14 heteroatoms. The molecule has 4 aromatic rings. The van der Waals surface area contributed by atoms with Gasteiger partial charge in [-0.05, 0) is 44.0 Å². The summed E-state index contributed by atoms with van der Waals surface area (Å²) in [5.41, 5.74) is -0.479. The third kappa shape index (κ3) is 6.29. The quantitative estimate of drug-likeness (QED) is 0.216. The highest BCUT2D eigenvalue weighted by Gasteiger charge is 2.34. The monoisotopic (exact) mass is 603 g/mol. The number of hydrogen-bond acceptors (Lipinski definition) is 8. The third-order valence-electron chi connectivity index (χ3n) is 6.42. The zero-order chi connectivity index (χ0) is 30.6. The molecule has 0 bridgehead atoms. The molecule has 2 amide bonds. The molecule has 10 nitrogen and oxygen atoms in total. The number of aliphatic hydroxyl groups is 1. The van der Waals surface area contributed by atoms with Crippen LogP contribution in [0, 0.1) is 0 Å². The average Bonchev–Trinajstić information content (AvgIpc) is 3.46. The van der Waals surface area contributed by atoms with Crippen molar-refractivity contribution in [3.05, 3.63) is 63.5 Å². The van der Waals surface area contributed by atoms with Gasteiger partial charge in [0.05, 0.1) is 24.8 Å². The van der Waals surface area contributed by atoms with Crippen molar-refractivity contribution in [1.29, 1.82) is 0 Å². The van der Waals surface area contributed by atoms with Gasteiger partial charge in [-0.2, -0.15) is 13.2 Å². The van der Waals surface area contributed by atoms with Gasteiger partial charge >= 0.3 is 18.2 Å². The van der Waals surface area contributed by atoms with E-state index in [-0.39, 0.29) is 40.6 Å². The molecule has 4 rings (SSSR count). The molecule has 3 heterocycles. The molecule has 0 aliphatic carbocycles. The maximum atomic E-state index is 13.5. The van der Waals surface area contributed by atoms with Crippen LogP contribution < -0.4 is 16.1 Å². The van der Waals surface area contributed by atoms with Crippen molar-refractivity contribution in [2.45, 2.75) is 39.4 Å². The number of carbonyl (C=O) groups excluding carboxylic acids is 2. The van der Waals surface area contributed by atoms with Crippen LogP contribution in [0.2, 0.25) is 0 Å². The van der Waals surface area contributed by atoms with Crippen LogP contribution in [0.5, 0.6) is 0 Å². The SMILES string of the molecule is CCNC(=O)Nc1cc(-c2nc(C(F)(F)F)cs2)c(-c2ccc3c(c2)c(=O)c(C(=O)OCC)cn3C(CC)CO)cn1.